The fraction of sp³-hybridized carbons (Fsp3) is 0.308. The maximum atomic E-state index is 5.90. The number of H-pyrrole nitrogens is 1. The molecule has 2 heterocycles. The largest absolute Gasteiger partial charge is 0.487 e. The third-order valence-electron chi connectivity index (χ3n) is 3.05. The number of anilines is 1. The molecule has 3 N–H and O–H groups in total. The fourth-order valence-electron chi connectivity index (χ4n) is 2.28. The molecule has 17 heavy (non-hydrogen) atoms. The number of hydrogen-bond acceptors (Lipinski definition) is 3. The van der Waals surface area contributed by atoms with Crippen molar-refractivity contribution in [3.05, 3.63) is 30.0 Å². The predicted octanol–water partition coefficient (Wildman–Crippen LogP) is 2.37. The summed E-state index contributed by atoms with van der Waals surface area (Å²) in [4.78, 5) is 0. The SMILES string of the molecule is CC1(C)Cc2ccc(-c3cn[nH]c3N)cc2O1. The molecule has 0 unspecified atom stereocenters. The van der Waals surface area contributed by atoms with E-state index in [-0.39, 0.29) is 5.60 Å². The summed E-state index contributed by atoms with van der Waals surface area (Å²) in [7, 11) is 0. The van der Waals surface area contributed by atoms with Gasteiger partial charge in [-0.3, -0.25) is 5.10 Å². The van der Waals surface area contributed by atoms with Crippen LogP contribution in [-0.2, 0) is 6.42 Å². The molecule has 0 saturated heterocycles. The topological polar surface area (TPSA) is 63.9 Å². The van der Waals surface area contributed by atoms with Gasteiger partial charge in [0.15, 0.2) is 0 Å². The summed E-state index contributed by atoms with van der Waals surface area (Å²) in [5.41, 5.74) is 8.91. The number of benzene rings is 1. The first-order valence-electron chi connectivity index (χ1n) is 5.66. The van der Waals surface area contributed by atoms with Gasteiger partial charge in [0.1, 0.15) is 17.2 Å². The summed E-state index contributed by atoms with van der Waals surface area (Å²) < 4.78 is 5.90. The highest BCUT2D eigenvalue weighted by Gasteiger charge is 2.30. The second-order valence-corrected chi connectivity index (χ2v) is 5.06. The van der Waals surface area contributed by atoms with E-state index < -0.39 is 0 Å². The minimum atomic E-state index is -0.108. The molecule has 4 heteroatoms. The van der Waals surface area contributed by atoms with Crippen molar-refractivity contribution < 1.29 is 4.74 Å². The zero-order chi connectivity index (χ0) is 12.0. The first-order valence-corrected chi connectivity index (χ1v) is 5.66. The average molecular weight is 229 g/mol. The average Bonchev–Trinajstić information content (AvgIpc) is 2.78. The summed E-state index contributed by atoms with van der Waals surface area (Å²) in [6.45, 7) is 4.19. The number of aromatic amines is 1. The van der Waals surface area contributed by atoms with Crippen LogP contribution in [-0.4, -0.2) is 15.8 Å². The number of aromatic nitrogens is 2. The van der Waals surface area contributed by atoms with Crippen molar-refractivity contribution in [3.63, 3.8) is 0 Å². The van der Waals surface area contributed by atoms with E-state index in [2.05, 4.69) is 36.2 Å². The van der Waals surface area contributed by atoms with Crippen molar-refractivity contribution >= 4 is 5.82 Å². The molecule has 1 aliphatic heterocycles. The molecule has 0 fully saturated rings. The zero-order valence-corrected chi connectivity index (χ0v) is 9.95. The first-order chi connectivity index (χ1) is 8.05. The molecule has 2 aromatic rings. The van der Waals surface area contributed by atoms with Gasteiger partial charge in [-0.15, -0.1) is 0 Å². The van der Waals surface area contributed by atoms with Crippen LogP contribution in [0.2, 0.25) is 0 Å². The highest BCUT2D eigenvalue weighted by molar-refractivity contribution is 5.74. The van der Waals surface area contributed by atoms with Crippen molar-refractivity contribution in [1.82, 2.24) is 10.2 Å². The molecule has 88 valence electrons. The minimum absolute atomic E-state index is 0.108. The Morgan fingerprint density at radius 3 is 2.94 bits per heavy atom. The summed E-state index contributed by atoms with van der Waals surface area (Å²) in [6.07, 6.45) is 2.68. The van der Waals surface area contributed by atoms with Crippen molar-refractivity contribution in [2.24, 2.45) is 0 Å². The van der Waals surface area contributed by atoms with Gasteiger partial charge in [0, 0.05) is 12.0 Å². The van der Waals surface area contributed by atoms with Crippen LogP contribution in [0.25, 0.3) is 11.1 Å². The Balaban J connectivity index is 2.05. The van der Waals surface area contributed by atoms with Crippen molar-refractivity contribution in [2.75, 3.05) is 5.73 Å². The number of nitrogens with two attached hydrogens (primary N) is 1. The van der Waals surface area contributed by atoms with Gasteiger partial charge < -0.3 is 10.5 Å². The lowest BCUT2D eigenvalue weighted by atomic mass is 10.00. The summed E-state index contributed by atoms with van der Waals surface area (Å²) in [6, 6.07) is 6.20. The van der Waals surface area contributed by atoms with E-state index in [1.54, 1.807) is 6.20 Å². The quantitative estimate of drug-likeness (QED) is 0.789. The molecule has 1 aromatic carbocycles. The van der Waals surface area contributed by atoms with Gasteiger partial charge in [-0.2, -0.15) is 5.10 Å². The van der Waals surface area contributed by atoms with Crippen LogP contribution in [0.5, 0.6) is 5.75 Å². The number of ether oxygens (including phenoxy) is 1. The molecule has 0 radical (unpaired) electrons. The van der Waals surface area contributed by atoms with Gasteiger partial charge in [0.25, 0.3) is 0 Å². The van der Waals surface area contributed by atoms with Crippen LogP contribution < -0.4 is 10.5 Å². The van der Waals surface area contributed by atoms with Crippen molar-refractivity contribution in [1.29, 1.82) is 0 Å². The highest BCUT2D eigenvalue weighted by atomic mass is 16.5. The van der Waals surface area contributed by atoms with E-state index in [9.17, 15) is 0 Å². The highest BCUT2D eigenvalue weighted by Crippen LogP contribution is 2.38. The predicted molar refractivity (Wildman–Crippen MR) is 66.8 cm³/mol. The normalized spacial score (nSPS) is 16.6. The number of fused-ring (bicyclic) bond motifs is 1. The summed E-state index contributed by atoms with van der Waals surface area (Å²) in [5.74, 6) is 1.54. The molecule has 1 aromatic heterocycles. The second-order valence-electron chi connectivity index (χ2n) is 5.06. The molecule has 4 nitrogen and oxygen atoms in total. The van der Waals surface area contributed by atoms with Crippen LogP contribution in [0, 0.1) is 0 Å². The van der Waals surface area contributed by atoms with E-state index in [0.29, 0.717) is 5.82 Å². The number of rotatable bonds is 1. The Hall–Kier alpha value is -1.97. The first kappa shape index (κ1) is 10.2. The van der Waals surface area contributed by atoms with Crippen LogP contribution in [0.4, 0.5) is 5.82 Å². The van der Waals surface area contributed by atoms with E-state index in [1.165, 1.54) is 5.56 Å². The zero-order valence-electron chi connectivity index (χ0n) is 9.95. The fourth-order valence-corrected chi connectivity index (χ4v) is 2.28. The van der Waals surface area contributed by atoms with Crippen LogP contribution in [0.15, 0.2) is 24.4 Å². The Labute approximate surface area is 99.8 Å². The van der Waals surface area contributed by atoms with Gasteiger partial charge >= 0.3 is 0 Å². The maximum Gasteiger partial charge on any atom is 0.126 e. The van der Waals surface area contributed by atoms with Gasteiger partial charge in [0.2, 0.25) is 0 Å². The molecule has 0 atom stereocenters. The molecular weight excluding hydrogens is 214 g/mol. The Kier molecular flexibility index (Phi) is 1.96. The molecule has 0 aliphatic carbocycles. The second kappa shape index (κ2) is 3.26. The molecule has 0 spiro atoms. The van der Waals surface area contributed by atoms with Crippen LogP contribution >= 0.6 is 0 Å². The molecule has 3 rings (SSSR count). The van der Waals surface area contributed by atoms with Gasteiger partial charge in [-0.25, -0.2) is 0 Å². The van der Waals surface area contributed by atoms with Gasteiger partial charge in [0.05, 0.1) is 6.20 Å². The molecule has 0 bridgehead atoms. The minimum Gasteiger partial charge on any atom is -0.487 e. The molecule has 0 saturated carbocycles. The Morgan fingerprint density at radius 1 is 1.41 bits per heavy atom. The third kappa shape index (κ3) is 1.65. The lowest BCUT2D eigenvalue weighted by Crippen LogP contribution is -2.24. The standard InChI is InChI=1S/C13H15N3O/c1-13(2)6-9-4-3-8(5-11(9)17-13)10-7-15-16-12(10)14/h3-5,7H,6H2,1-2H3,(H3,14,15,16). The maximum absolute atomic E-state index is 5.90. The smallest absolute Gasteiger partial charge is 0.126 e. The third-order valence-corrected chi connectivity index (χ3v) is 3.05. The number of hydrogen-bond donors (Lipinski definition) is 2. The molecule has 1 aliphatic rings. The molecule has 0 amide bonds. The number of nitrogens with one attached hydrogen (secondary N) is 1. The Morgan fingerprint density at radius 2 is 2.24 bits per heavy atom. The lowest BCUT2D eigenvalue weighted by Gasteiger charge is -2.16. The van der Waals surface area contributed by atoms with Crippen LogP contribution in [0.1, 0.15) is 19.4 Å². The van der Waals surface area contributed by atoms with E-state index in [0.717, 1.165) is 23.3 Å². The lowest BCUT2D eigenvalue weighted by molar-refractivity contribution is 0.138. The van der Waals surface area contributed by atoms with Crippen molar-refractivity contribution in [2.45, 2.75) is 25.9 Å². The summed E-state index contributed by atoms with van der Waals surface area (Å²) in [5, 5.41) is 6.67. The van der Waals surface area contributed by atoms with Crippen molar-refractivity contribution in [3.8, 4) is 16.9 Å². The van der Waals surface area contributed by atoms with Gasteiger partial charge in [-0.1, -0.05) is 12.1 Å². The Bertz CT molecular complexity index is 572. The van der Waals surface area contributed by atoms with Crippen LogP contribution in [0.3, 0.4) is 0 Å². The monoisotopic (exact) mass is 229 g/mol. The number of nitrogen functional groups attached to an aromatic ring is 1. The van der Waals surface area contributed by atoms with Gasteiger partial charge in [-0.05, 0) is 31.0 Å². The van der Waals surface area contributed by atoms with E-state index in [1.807, 2.05) is 6.07 Å². The summed E-state index contributed by atoms with van der Waals surface area (Å²) >= 11 is 0. The van der Waals surface area contributed by atoms with E-state index >= 15 is 0 Å². The van der Waals surface area contributed by atoms with E-state index in [4.69, 9.17) is 10.5 Å². The molecular formula is C13H15N3O. The number of nitrogens with zero attached hydrogens (tertiary/aromatic N) is 1.